The lowest BCUT2D eigenvalue weighted by molar-refractivity contribution is -0.144. The summed E-state index contributed by atoms with van der Waals surface area (Å²) in [7, 11) is 0. The Morgan fingerprint density at radius 3 is 2.73 bits per heavy atom. The lowest BCUT2D eigenvalue weighted by atomic mass is 10.1. The van der Waals surface area contributed by atoms with Crippen molar-refractivity contribution in [3.63, 3.8) is 0 Å². The molecule has 11 heteroatoms. The molecule has 140 valence electrons. The Bertz CT molecular complexity index is 705. The third-order valence-corrected chi connectivity index (χ3v) is 4.45. The molecular weight excluding hydrogens is 342 g/mol. The molecule has 2 fully saturated rings. The number of carbonyl (C=O) groups is 4. The third kappa shape index (κ3) is 3.76. The molecule has 0 aromatic carbocycles. The molecule has 3 rings (SSSR count). The molecule has 2 aliphatic heterocycles. The van der Waals surface area contributed by atoms with E-state index in [1.165, 1.54) is 16.3 Å². The van der Waals surface area contributed by atoms with Crippen molar-refractivity contribution in [2.75, 3.05) is 13.1 Å². The number of imidazole rings is 1. The number of nitrogens with zero attached hydrogens (tertiary/aromatic N) is 3. The molecule has 0 bridgehead atoms. The van der Waals surface area contributed by atoms with Crippen LogP contribution in [-0.4, -0.2) is 68.9 Å². The number of hydrogen-bond donors (Lipinski definition) is 4. The number of rotatable bonds is 5. The largest absolute Gasteiger partial charge is 0.350 e. The van der Waals surface area contributed by atoms with E-state index in [1.807, 2.05) is 0 Å². The maximum atomic E-state index is 12.9. The van der Waals surface area contributed by atoms with E-state index in [4.69, 9.17) is 5.73 Å². The van der Waals surface area contributed by atoms with Gasteiger partial charge in [-0.25, -0.2) is 19.8 Å². The van der Waals surface area contributed by atoms with E-state index in [9.17, 15) is 19.2 Å². The summed E-state index contributed by atoms with van der Waals surface area (Å²) in [5.74, 6) is -1.06. The molecule has 3 heterocycles. The Hall–Kier alpha value is -3.11. The van der Waals surface area contributed by atoms with Crippen molar-refractivity contribution in [2.45, 2.75) is 37.8 Å². The molecule has 2 aliphatic rings. The first kappa shape index (κ1) is 17.7. The Morgan fingerprint density at radius 2 is 2.12 bits per heavy atom. The molecule has 0 aliphatic carbocycles. The van der Waals surface area contributed by atoms with E-state index in [-0.39, 0.29) is 18.7 Å². The van der Waals surface area contributed by atoms with E-state index in [2.05, 4.69) is 20.6 Å². The molecule has 26 heavy (non-hydrogen) atoms. The number of nitrogens with two attached hydrogens (primary N) is 1. The summed E-state index contributed by atoms with van der Waals surface area (Å²) in [4.78, 5) is 55.0. The standard InChI is InChI=1S/C15H21N7O4/c16-15(26)22-5-1-4-21(22)14(25)11(6-9-7-17-8-18-9)20-13(24)10-2-3-12(23)19-10/h7-8,10-11H,1-6H2,(H2,16,26)(H,17,18)(H,19,23)(H,20,24)/t10-,11-/m0/s1. The molecule has 11 nitrogen and oxygen atoms in total. The monoisotopic (exact) mass is 363 g/mol. The minimum Gasteiger partial charge on any atom is -0.350 e. The molecule has 0 spiro atoms. The minimum atomic E-state index is -0.916. The molecule has 0 radical (unpaired) electrons. The van der Waals surface area contributed by atoms with Crippen LogP contribution in [-0.2, 0) is 20.8 Å². The van der Waals surface area contributed by atoms with Gasteiger partial charge in [-0.15, -0.1) is 0 Å². The van der Waals surface area contributed by atoms with Crippen molar-refractivity contribution in [1.82, 2.24) is 30.6 Å². The van der Waals surface area contributed by atoms with Crippen LogP contribution < -0.4 is 16.4 Å². The SMILES string of the molecule is NC(=O)N1CCCN1C(=O)[C@H](Cc1cnc[nH]1)NC(=O)[C@@H]1CCC(=O)N1. The van der Waals surface area contributed by atoms with Gasteiger partial charge in [0.15, 0.2) is 0 Å². The van der Waals surface area contributed by atoms with Crippen molar-refractivity contribution >= 4 is 23.8 Å². The molecular formula is C15H21N7O4. The quantitative estimate of drug-likeness (QED) is 0.488. The first-order valence-electron chi connectivity index (χ1n) is 8.41. The molecule has 5 N–H and O–H groups in total. The highest BCUT2D eigenvalue weighted by Crippen LogP contribution is 2.14. The van der Waals surface area contributed by atoms with Gasteiger partial charge in [0.25, 0.3) is 5.91 Å². The zero-order chi connectivity index (χ0) is 18.7. The molecule has 5 amide bonds. The van der Waals surface area contributed by atoms with Crippen LogP contribution in [0.5, 0.6) is 0 Å². The average Bonchev–Trinajstić information content (AvgIpc) is 3.34. The molecule has 0 saturated carbocycles. The number of H-pyrrole nitrogens is 1. The maximum Gasteiger partial charge on any atom is 0.333 e. The van der Waals surface area contributed by atoms with E-state index >= 15 is 0 Å². The van der Waals surface area contributed by atoms with Crippen molar-refractivity contribution in [3.8, 4) is 0 Å². The smallest absolute Gasteiger partial charge is 0.333 e. The molecule has 2 saturated heterocycles. The first-order chi connectivity index (χ1) is 12.5. The van der Waals surface area contributed by atoms with Gasteiger partial charge in [-0.2, -0.15) is 0 Å². The summed E-state index contributed by atoms with van der Waals surface area (Å²) in [6, 6.07) is -2.30. The van der Waals surface area contributed by atoms with E-state index in [1.54, 1.807) is 6.20 Å². The number of primary amides is 1. The number of urea groups is 1. The van der Waals surface area contributed by atoms with Gasteiger partial charge in [-0.1, -0.05) is 0 Å². The lowest BCUT2D eigenvalue weighted by Crippen LogP contribution is -2.57. The summed E-state index contributed by atoms with van der Waals surface area (Å²) < 4.78 is 0. The number of nitrogens with one attached hydrogen (secondary N) is 3. The van der Waals surface area contributed by atoms with E-state index < -0.39 is 29.9 Å². The van der Waals surface area contributed by atoms with Crippen LogP contribution in [0.2, 0.25) is 0 Å². The number of hydrogen-bond acceptors (Lipinski definition) is 5. The fraction of sp³-hybridized carbons (Fsp3) is 0.533. The van der Waals surface area contributed by atoms with Gasteiger partial charge in [0, 0.05) is 37.8 Å². The second-order valence-electron chi connectivity index (χ2n) is 6.28. The van der Waals surface area contributed by atoms with Crippen LogP contribution in [0.25, 0.3) is 0 Å². The van der Waals surface area contributed by atoms with Crippen LogP contribution in [0.3, 0.4) is 0 Å². The van der Waals surface area contributed by atoms with Crippen molar-refractivity contribution in [3.05, 3.63) is 18.2 Å². The Balaban J connectivity index is 1.74. The number of aromatic nitrogens is 2. The fourth-order valence-electron chi connectivity index (χ4n) is 3.15. The van der Waals surface area contributed by atoms with Crippen LogP contribution in [0.15, 0.2) is 12.5 Å². The number of carbonyl (C=O) groups excluding carboxylic acids is 4. The topological polar surface area (TPSA) is 154 Å². The predicted octanol–water partition coefficient (Wildman–Crippen LogP) is -1.76. The summed E-state index contributed by atoms with van der Waals surface area (Å²) in [5, 5.41) is 7.69. The summed E-state index contributed by atoms with van der Waals surface area (Å²) in [5.41, 5.74) is 5.98. The second kappa shape index (κ2) is 7.42. The fourth-order valence-corrected chi connectivity index (χ4v) is 3.15. The van der Waals surface area contributed by atoms with Gasteiger partial charge in [-0.05, 0) is 12.8 Å². The van der Waals surface area contributed by atoms with Gasteiger partial charge >= 0.3 is 6.03 Å². The van der Waals surface area contributed by atoms with Crippen molar-refractivity contribution in [1.29, 1.82) is 0 Å². The van der Waals surface area contributed by atoms with Crippen molar-refractivity contribution < 1.29 is 19.2 Å². The van der Waals surface area contributed by atoms with Crippen LogP contribution >= 0.6 is 0 Å². The maximum absolute atomic E-state index is 12.9. The molecule has 2 atom stereocenters. The number of hydrazine groups is 1. The highest BCUT2D eigenvalue weighted by atomic mass is 16.2. The second-order valence-corrected chi connectivity index (χ2v) is 6.28. The van der Waals surface area contributed by atoms with Gasteiger partial charge in [0.1, 0.15) is 12.1 Å². The van der Waals surface area contributed by atoms with Gasteiger partial charge in [-0.3, -0.25) is 14.4 Å². The van der Waals surface area contributed by atoms with Crippen molar-refractivity contribution in [2.24, 2.45) is 5.73 Å². The zero-order valence-electron chi connectivity index (χ0n) is 14.1. The zero-order valence-corrected chi connectivity index (χ0v) is 14.1. The van der Waals surface area contributed by atoms with Crippen LogP contribution in [0.4, 0.5) is 4.79 Å². The Morgan fingerprint density at radius 1 is 1.35 bits per heavy atom. The van der Waals surface area contributed by atoms with Gasteiger partial charge < -0.3 is 21.4 Å². The molecule has 1 aromatic heterocycles. The normalized spacial score (nSPS) is 20.8. The van der Waals surface area contributed by atoms with E-state index in [0.29, 0.717) is 31.6 Å². The first-order valence-corrected chi connectivity index (χ1v) is 8.41. The summed E-state index contributed by atoms with van der Waals surface area (Å²) in [6.45, 7) is 0.696. The highest BCUT2D eigenvalue weighted by Gasteiger charge is 2.36. The molecule has 0 unspecified atom stereocenters. The summed E-state index contributed by atoms with van der Waals surface area (Å²) in [6.07, 6.45) is 4.47. The third-order valence-electron chi connectivity index (χ3n) is 4.45. The minimum absolute atomic E-state index is 0.175. The predicted molar refractivity (Wildman–Crippen MR) is 88.0 cm³/mol. The lowest BCUT2D eigenvalue weighted by Gasteiger charge is -2.30. The van der Waals surface area contributed by atoms with Gasteiger partial charge in [0.2, 0.25) is 11.8 Å². The Labute approximate surface area is 149 Å². The van der Waals surface area contributed by atoms with E-state index in [0.717, 1.165) is 0 Å². The average molecular weight is 363 g/mol. The highest BCUT2D eigenvalue weighted by molar-refractivity contribution is 5.94. The number of aromatic amines is 1. The number of amides is 5. The summed E-state index contributed by atoms with van der Waals surface area (Å²) >= 11 is 0. The molecule has 1 aromatic rings. The van der Waals surface area contributed by atoms with Gasteiger partial charge in [0.05, 0.1) is 6.33 Å². The van der Waals surface area contributed by atoms with Crippen LogP contribution in [0, 0.1) is 0 Å². The Kier molecular flexibility index (Phi) is 5.05. The van der Waals surface area contributed by atoms with Crippen LogP contribution in [0.1, 0.15) is 25.0 Å².